The van der Waals surface area contributed by atoms with Gasteiger partial charge in [-0.1, -0.05) is 11.6 Å². The molecule has 7 nitrogen and oxygen atoms in total. The van der Waals surface area contributed by atoms with Crippen LogP contribution in [0.5, 0.6) is 0 Å². The van der Waals surface area contributed by atoms with Gasteiger partial charge in [-0.3, -0.25) is 9.79 Å². The van der Waals surface area contributed by atoms with Crippen molar-refractivity contribution in [3.8, 4) is 11.1 Å². The average molecular weight is 593 g/mol. The van der Waals surface area contributed by atoms with Gasteiger partial charge in [0.25, 0.3) is 0 Å². The largest absolute Gasteiger partial charge is 0.444 e. The van der Waals surface area contributed by atoms with Crippen LogP contribution >= 0.6 is 23.4 Å². The summed E-state index contributed by atoms with van der Waals surface area (Å²) in [6.07, 6.45) is 0.394. The lowest BCUT2D eigenvalue weighted by Gasteiger charge is -2.44. The van der Waals surface area contributed by atoms with Gasteiger partial charge in [0.1, 0.15) is 23.1 Å². The van der Waals surface area contributed by atoms with Gasteiger partial charge in [0, 0.05) is 71.7 Å². The summed E-state index contributed by atoms with van der Waals surface area (Å²) in [6, 6.07) is 4.96. The van der Waals surface area contributed by atoms with Crippen LogP contribution in [0.15, 0.2) is 34.2 Å². The molecule has 11 heteroatoms. The van der Waals surface area contributed by atoms with Gasteiger partial charge >= 0.3 is 6.09 Å². The zero-order chi connectivity index (χ0) is 29.6. The standard InChI is InChI=1S/C29H35ClF2N4O3S/c1-17-14-34(27(38)39-28(2,3)4)10-11-36(17)26(33-7)20-13-21(30)23(19-9-8-18(31)12-22(19)32)25-24(20)35(16-37)15-29(5,6)40-25/h8-9,12-13,16-17H,10-11,14-15H2,1-7H3. The number of benzene rings is 2. The molecule has 2 aromatic carbocycles. The molecule has 2 heterocycles. The molecule has 40 heavy (non-hydrogen) atoms. The van der Waals surface area contributed by atoms with Gasteiger partial charge in [-0.15, -0.1) is 11.8 Å². The maximum Gasteiger partial charge on any atom is 0.410 e. The summed E-state index contributed by atoms with van der Waals surface area (Å²) < 4.78 is 34.0. The Morgan fingerprint density at radius 2 is 1.93 bits per heavy atom. The summed E-state index contributed by atoms with van der Waals surface area (Å²) in [5.41, 5.74) is 1.16. The van der Waals surface area contributed by atoms with Crippen LogP contribution in [-0.2, 0) is 9.53 Å². The van der Waals surface area contributed by atoms with E-state index in [1.165, 1.54) is 23.9 Å². The minimum atomic E-state index is -0.741. The molecule has 1 atom stereocenters. The minimum absolute atomic E-state index is 0.124. The van der Waals surface area contributed by atoms with E-state index in [-0.39, 0.29) is 22.7 Å². The van der Waals surface area contributed by atoms with Gasteiger partial charge in [-0.05, 0) is 59.7 Å². The van der Waals surface area contributed by atoms with Crippen LogP contribution in [0.3, 0.4) is 0 Å². The number of amides is 2. The molecule has 2 aliphatic heterocycles. The second kappa shape index (κ2) is 11.2. The Kier molecular flexibility index (Phi) is 8.43. The smallest absolute Gasteiger partial charge is 0.410 e. The number of piperazine rings is 1. The summed E-state index contributed by atoms with van der Waals surface area (Å²) in [5.74, 6) is -0.826. The fraction of sp³-hybridized carbons (Fsp3) is 0.483. The summed E-state index contributed by atoms with van der Waals surface area (Å²) in [5, 5.41) is 0.261. The van der Waals surface area contributed by atoms with Crippen LogP contribution < -0.4 is 4.90 Å². The maximum absolute atomic E-state index is 15.1. The molecule has 1 saturated heterocycles. The SMILES string of the molecule is CN=C(c1cc(Cl)c(-c2ccc(F)cc2F)c2c1N(C=O)CC(C)(C)S2)N1CCN(C(=O)OC(C)(C)C)CC1C. The van der Waals surface area contributed by atoms with Crippen molar-refractivity contribution in [2.24, 2.45) is 4.99 Å². The lowest BCUT2D eigenvalue weighted by atomic mass is 9.98. The molecule has 216 valence electrons. The third-order valence-electron chi connectivity index (χ3n) is 6.76. The Morgan fingerprint density at radius 3 is 2.50 bits per heavy atom. The zero-order valence-corrected chi connectivity index (χ0v) is 25.4. The van der Waals surface area contributed by atoms with E-state index in [2.05, 4.69) is 9.89 Å². The first-order valence-electron chi connectivity index (χ1n) is 13.1. The van der Waals surface area contributed by atoms with Crippen molar-refractivity contribution < 1.29 is 23.1 Å². The Morgan fingerprint density at radius 1 is 1.23 bits per heavy atom. The molecule has 0 spiro atoms. The molecule has 0 N–H and O–H groups in total. The Bertz CT molecular complexity index is 1360. The van der Waals surface area contributed by atoms with Crippen LogP contribution in [0.25, 0.3) is 11.1 Å². The van der Waals surface area contributed by atoms with Gasteiger partial charge in [0.05, 0.1) is 10.7 Å². The second-order valence-corrected chi connectivity index (χ2v) is 13.8. The molecule has 2 aliphatic rings. The number of aliphatic imine (C=N–C) groups is 1. The fourth-order valence-corrected chi connectivity index (χ4v) is 6.93. The zero-order valence-electron chi connectivity index (χ0n) is 23.8. The van der Waals surface area contributed by atoms with Crippen molar-refractivity contribution in [3.05, 3.63) is 46.5 Å². The van der Waals surface area contributed by atoms with E-state index >= 15 is 4.39 Å². The maximum atomic E-state index is 15.1. The number of carbonyl (C=O) groups is 2. The van der Waals surface area contributed by atoms with Gasteiger partial charge in [-0.2, -0.15) is 0 Å². The van der Waals surface area contributed by atoms with Crippen LogP contribution in [0, 0.1) is 11.6 Å². The quantitative estimate of drug-likeness (QED) is 0.233. The number of amidine groups is 1. The highest BCUT2D eigenvalue weighted by molar-refractivity contribution is 8.01. The van der Waals surface area contributed by atoms with Gasteiger partial charge in [-0.25, -0.2) is 13.6 Å². The van der Waals surface area contributed by atoms with E-state index in [9.17, 15) is 14.0 Å². The van der Waals surface area contributed by atoms with Crippen molar-refractivity contribution in [2.45, 2.75) is 62.8 Å². The van der Waals surface area contributed by atoms with Crippen molar-refractivity contribution in [1.82, 2.24) is 9.80 Å². The highest BCUT2D eigenvalue weighted by Crippen LogP contribution is 2.53. The van der Waals surface area contributed by atoms with Crippen LogP contribution in [0.2, 0.25) is 5.02 Å². The number of halogens is 3. The van der Waals surface area contributed by atoms with Crippen LogP contribution in [0.1, 0.15) is 47.1 Å². The number of anilines is 1. The van der Waals surface area contributed by atoms with Gasteiger partial charge < -0.3 is 19.4 Å². The van der Waals surface area contributed by atoms with Crippen LogP contribution in [-0.4, -0.2) is 77.8 Å². The summed E-state index contributed by atoms with van der Waals surface area (Å²) in [6.45, 7) is 13.2. The summed E-state index contributed by atoms with van der Waals surface area (Å²) in [7, 11) is 1.67. The predicted octanol–water partition coefficient (Wildman–Crippen LogP) is 6.45. The first kappa shape index (κ1) is 30.1. The molecular formula is C29H35ClF2N4O3S. The normalized spacial score (nSPS) is 19.4. The fourth-order valence-electron chi connectivity index (χ4n) is 5.17. The lowest BCUT2D eigenvalue weighted by Crippen LogP contribution is -2.56. The number of carbonyl (C=O) groups excluding carboxylic acids is 2. The molecule has 4 rings (SSSR count). The number of hydrogen-bond acceptors (Lipinski definition) is 5. The Balaban J connectivity index is 1.81. The third kappa shape index (κ3) is 6.07. The molecule has 0 aliphatic carbocycles. The van der Waals surface area contributed by atoms with E-state index in [0.717, 1.165) is 12.5 Å². The molecule has 0 bridgehead atoms. The van der Waals surface area contributed by atoms with Gasteiger partial charge in [0.2, 0.25) is 6.41 Å². The lowest BCUT2D eigenvalue weighted by molar-refractivity contribution is -0.107. The average Bonchev–Trinajstić information content (AvgIpc) is 2.84. The second-order valence-electron chi connectivity index (χ2n) is 11.7. The minimum Gasteiger partial charge on any atom is -0.444 e. The number of hydrogen-bond donors (Lipinski definition) is 0. The molecule has 0 aromatic heterocycles. The predicted molar refractivity (Wildman–Crippen MR) is 157 cm³/mol. The van der Waals surface area contributed by atoms with E-state index < -0.39 is 22.0 Å². The number of ether oxygens (including phenoxy) is 1. The molecule has 0 radical (unpaired) electrons. The Labute approximate surface area is 243 Å². The summed E-state index contributed by atoms with van der Waals surface area (Å²) >= 11 is 8.37. The number of rotatable bonds is 3. The van der Waals surface area contributed by atoms with Gasteiger partial charge in [0.15, 0.2) is 0 Å². The third-order valence-corrected chi connectivity index (χ3v) is 8.34. The first-order valence-corrected chi connectivity index (χ1v) is 14.3. The topological polar surface area (TPSA) is 65.5 Å². The van der Waals surface area contributed by atoms with E-state index in [1.54, 1.807) is 22.9 Å². The van der Waals surface area contributed by atoms with E-state index in [0.29, 0.717) is 53.7 Å². The molecule has 1 fully saturated rings. The van der Waals surface area contributed by atoms with Crippen LogP contribution in [0.4, 0.5) is 19.3 Å². The van der Waals surface area contributed by atoms with Crippen molar-refractivity contribution in [2.75, 3.05) is 38.1 Å². The van der Waals surface area contributed by atoms with Crippen molar-refractivity contribution in [3.63, 3.8) is 0 Å². The highest BCUT2D eigenvalue weighted by atomic mass is 35.5. The molecule has 2 aromatic rings. The molecule has 1 unspecified atom stereocenters. The number of nitrogens with zero attached hydrogens (tertiary/aromatic N) is 4. The first-order chi connectivity index (χ1) is 18.7. The highest BCUT2D eigenvalue weighted by Gasteiger charge is 2.39. The molecular weight excluding hydrogens is 558 g/mol. The molecule has 0 saturated carbocycles. The monoisotopic (exact) mass is 592 g/mol. The Hall–Kier alpha value is -2.85. The van der Waals surface area contributed by atoms with Crippen molar-refractivity contribution >= 4 is 47.4 Å². The number of thioether (sulfide) groups is 1. The molecule has 2 amide bonds. The summed E-state index contributed by atoms with van der Waals surface area (Å²) in [4.78, 5) is 35.8. The van der Waals surface area contributed by atoms with E-state index in [1.807, 2.05) is 41.5 Å². The van der Waals surface area contributed by atoms with Crippen molar-refractivity contribution in [1.29, 1.82) is 0 Å². The number of fused-ring (bicyclic) bond motifs is 1. The van der Waals surface area contributed by atoms with E-state index in [4.69, 9.17) is 16.3 Å².